The van der Waals surface area contributed by atoms with Gasteiger partial charge in [0.25, 0.3) is 0 Å². The molecule has 3 rings (SSSR count). The quantitative estimate of drug-likeness (QED) is 0.831. The van der Waals surface area contributed by atoms with Crippen LogP contribution in [0.4, 0.5) is 16.2 Å². The van der Waals surface area contributed by atoms with E-state index in [4.69, 9.17) is 9.47 Å². The van der Waals surface area contributed by atoms with Gasteiger partial charge in [0, 0.05) is 30.4 Å². The lowest BCUT2D eigenvalue weighted by molar-refractivity contribution is -0.117. The van der Waals surface area contributed by atoms with Gasteiger partial charge in [0.15, 0.2) is 11.5 Å². The zero-order valence-corrected chi connectivity index (χ0v) is 16.5. The van der Waals surface area contributed by atoms with Crippen molar-refractivity contribution in [3.8, 4) is 11.5 Å². The van der Waals surface area contributed by atoms with Crippen LogP contribution in [0.5, 0.6) is 11.5 Å². The van der Waals surface area contributed by atoms with E-state index in [-0.39, 0.29) is 24.4 Å². The van der Waals surface area contributed by atoms with Crippen molar-refractivity contribution in [3.05, 3.63) is 47.5 Å². The summed E-state index contributed by atoms with van der Waals surface area (Å²) in [6, 6.07) is 10.4. The number of hydrogen-bond donors (Lipinski definition) is 2. The second kappa shape index (κ2) is 8.21. The summed E-state index contributed by atoms with van der Waals surface area (Å²) in [6.45, 7) is 4.50. The van der Waals surface area contributed by atoms with Gasteiger partial charge < -0.3 is 25.0 Å². The number of ether oxygens (including phenoxy) is 2. The van der Waals surface area contributed by atoms with E-state index in [0.717, 1.165) is 11.3 Å². The predicted molar refractivity (Wildman–Crippen MR) is 108 cm³/mol. The number of carbonyl (C=O) groups excluding carboxylic acids is 2. The van der Waals surface area contributed by atoms with Gasteiger partial charge in [0.2, 0.25) is 5.91 Å². The van der Waals surface area contributed by atoms with Gasteiger partial charge in [-0.1, -0.05) is 6.07 Å². The zero-order chi connectivity index (χ0) is 20.3. The average molecular weight is 383 g/mol. The minimum Gasteiger partial charge on any atom is -0.493 e. The SMILES string of the molecule is COc1ccc(NC(=O)NC2CC(=O)N(c3ccc(C)c(C)c3)C2)cc1OC. The molecule has 2 aromatic carbocycles. The first-order chi connectivity index (χ1) is 13.4. The highest BCUT2D eigenvalue weighted by Crippen LogP contribution is 2.30. The number of carbonyl (C=O) groups is 2. The lowest BCUT2D eigenvalue weighted by atomic mass is 10.1. The van der Waals surface area contributed by atoms with Crippen LogP contribution in [0.3, 0.4) is 0 Å². The van der Waals surface area contributed by atoms with Crippen molar-refractivity contribution in [1.82, 2.24) is 5.32 Å². The van der Waals surface area contributed by atoms with Gasteiger partial charge in [0.1, 0.15) is 0 Å². The highest BCUT2D eigenvalue weighted by atomic mass is 16.5. The fourth-order valence-corrected chi connectivity index (χ4v) is 3.21. The Labute approximate surface area is 164 Å². The van der Waals surface area contributed by atoms with Crippen molar-refractivity contribution in [2.24, 2.45) is 0 Å². The molecule has 0 aliphatic carbocycles. The summed E-state index contributed by atoms with van der Waals surface area (Å²) >= 11 is 0. The number of hydrogen-bond acceptors (Lipinski definition) is 4. The molecule has 3 amide bonds. The molecule has 0 aromatic heterocycles. The smallest absolute Gasteiger partial charge is 0.319 e. The first-order valence-electron chi connectivity index (χ1n) is 9.08. The molecule has 2 N–H and O–H groups in total. The number of amides is 3. The van der Waals surface area contributed by atoms with Gasteiger partial charge in [-0.25, -0.2) is 4.79 Å². The Morgan fingerprint density at radius 1 is 1.04 bits per heavy atom. The normalized spacial score (nSPS) is 16.1. The molecule has 0 spiro atoms. The summed E-state index contributed by atoms with van der Waals surface area (Å²) in [7, 11) is 3.09. The van der Waals surface area contributed by atoms with Gasteiger partial charge >= 0.3 is 6.03 Å². The Hall–Kier alpha value is -3.22. The van der Waals surface area contributed by atoms with E-state index in [1.165, 1.54) is 12.7 Å². The fraction of sp³-hybridized carbons (Fsp3) is 0.333. The second-order valence-corrected chi connectivity index (χ2v) is 6.84. The summed E-state index contributed by atoms with van der Waals surface area (Å²) in [5.41, 5.74) is 3.75. The number of urea groups is 1. The lowest BCUT2D eigenvalue weighted by Crippen LogP contribution is -2.39. The predicted octanol–water partition coefficient (Wildman–Crippen LogP) is 3.25. The van der Waals surface area contributed by atoms with Crippen LogP contribution in [-0.2, 0) is 4.79 Å². The fourth-order valence-electron chi connectivity index (χ4n) is 3.21. The van der Waals surface area contributed by atoms with E-state index in [0.29, 0.717) is 23.7 Å². The molecule has 1 fully saturated rings. The Bertz CT molecular complexity index is 897. The zero-order valence-electron chi connectivity index (χ0n) is 16.5. The van der Waals surface area contributed by atoms with Crippen LogP contribution in [-0.4, -0.2) is 38.7 Å². The van der Waals surface area contributed by atoms with E-state index in [1.807, 2.05) is 32.0 Å². The summed E-state index contributed by atoms with van der Waals surface area (Å²) in [5, 5.41) is 5.63. The van der Waals surface area contributed by atoms with Gasteiger partial charge in [0.05, 0.1) is 20.3 Å². The van der Waals surface area contributed by atoms with Crippen LogP contribution in [0.2, 0.25) is 0 Å². The van der Waals surface area contributed by atoms with Gasteiger partial charge in [-0.15, -0.1) is 0 Å². The number of rotatable bonds is 5. The molecule has 1 heterocycles. The Morgan fingerprint density at radius 2 is 1.79 bits per heavy atom. The first kappa shape index (κ1) is 19.5. The van der Waals surface area contributed by atoms with Crippen LogP contribution >= 0.6 is 0 Å². The lowest BCUT2D eigenvalue weighted by Gasteiger charge is -2.18. The number of aryl methyl sites for hydroxylation is 2. The van der Waals surface area contributed by atoms with Crippen LogP contribution in [0.25, 0.3) is 0 Å². The van der Waals surface area contributed by atoms with Gasteiger partial charge in [-0.05, 0) is 49.2 Å². The topological polar surface area (TPSA) is 79.9 Å². The number of anilines is 2. The highest BCUT2D eigenvalue weighted by Gasteiger charge is 2.31. The van der Waals surface area contributed by atoms with Gasteiger partial charge in [-0.3, -0.25) is 4.79 Å². The maximum Gasteiger partial charge on any atom is 0.319 e. The standard InChI is InChI=1S/C21H25N3O4/c1-13-5-7-17(9-14(13)2)24-12-16(11-20(24)25)23-21(26)22-15-6-8-18(27-3)19(10-15)28-4/h5-10,16H,11-12H2,1-4H3,(H2,22,23,26). The molecule has 7 nitrogen and oxygen atoms in total. The molecule has 28 heavy (non-hydrogen) atoms. The minimum absolute atomic E-state index is 0.000306. The summed E-state index contributed by atoms with van der Waals surface area (Å²) < 4.78 is 10.4. The Kier molecular flexibility index (Phi) is 5.73. The highest BCUT2D eigenvalue weighted by molar-refractivity contribution is 5.97. The van der Waals surface area contributed by atoms with E-state index >= 15 is 0 Å². The van der Waals surface area contributed by atoms with Gasteiger partial charge in [-0.2, -0.15) is 0 Å². The monoisotopic (exact) mass is 383 g/mol. The third-order valence-corrected chi connectivity index (χ3v) is 4.90. The third-order valence-electron chi connectivity index (χ3n) is 4.90. The summed E-state index contributed by atoms with van der Waals surface area (Å²) in [4.78, 5) is 26.5. The van der Waals surface area contributed by atoms with Crippen molar-refractivity contribution in [1.29, 1.82) is 0 Å². The van der Waals surface area contributed by atoms with E-state index in [2.05, 4.69) is 10.6 Å². The molecule has 1 aliphatic heterocycles. The maximum atomic E-state index is 12.4. The summed E-state index contributed by atoms with van der Waals surface area (Å²) in [5.74, 6) is 1.11. The van der Waals surface area contributed by atoms with Crippen molar-refractivity contribution in [2.75, 3.05) is 31.0 Å². The Morgan fingerprint density at radius 3 is 2.46 bits per heavy atom. The molecule has 1 saturated heterocycles. The maximum absolute atomic E-state index is 12.4. The van der Waals surface area contributed by atoms with Crippen molar-refractivity contribution >= 4 is 23.3 Å². The molecule has 0 radical (unpaired) electrons. The molecule has 2 aromatic rings. The first-order valence-corrected chi connectivity index (χ1v) is 9.08. The number of methoxy groups -OCH3 is 2. The largest absolute Gasteiger partial charge is 0.493 e. The van der Waals surface area contributed by atoms with E-state index < -0.39 is 0 Å². The molecule has 1 unspecified atom stereocenters. The van der Waals surface area contributed by atoms with Crippen molar-refractivity contribution in [3.63, 3.8) is 0 Å². The Balaban J connectivity index is 1.62. The molecule has 1 aliphatic rings. The molecule has 148 valence electrons. The van der Waals surface area contributed by atoms with Crippen molar-refractivity contribution < 1.29 is 19.1 Å². The number of benzene rings is 2. The molecule has 1 atom stereocenters. The molecule has 0 saturated carbocycles. The van der Waals surface area contributed by atoms with E-state index in [1.54, 1.807) is 30.2 Å². The minimum atomic E-state index is -0.369. The van der Waals surface area contributed by atoms with Crippen LogP contribution in [0.1, 0.15) is 17.5 Å². The van der Waals surface area contributed by atoms with Crippen LogP contribution < -0.4 is 25.0 Å². The molecule has 7 heteroatoms. The number of nitrogens with one attached hydrogen (secondary N) is 2. The molecular weight excluding hydrogens is 358 g/mol. The van der Waals surface area contributed by atoms with E-state index in [9.17, 15) is 9.59 Å². The van der Waals surface area contributed by atoms with Crippen molar-refractivity contribution in [2.45, 2.75) is 26.3 Å². The molecular formula is C21H25N3O4. The third kappa shape index (κ3) is 4.19. The van der Waals surface area contributed by atoms with Crippen LogP contribution in [0, 0.1) is 13.8 Å². The average Bonchev–Trinajstić information content (AvgIpc) is 3.03. The summed E-state index contributed by atoms with van der Waals surface area (Å²) in [6.07, 6.45) is 0.270. The molecule has 0 bridgehead atoms. The number of nitrogens with zero attached hydrogens (tertiary/aromatic N) is 1. The van der Waals surface area contributed by atoms with Crippen LogP contribution in [0.15, 0.2) is 36.4 Å². The second-order valence-electron chi connectivity index (χ2n) is 6.84.